The molecular formula is C12H23N3O2. The van der Waals surface area contributed by atoms with Crippen LogP contribution in [-0.2, 0) is 9.53 Å². The van der Waals surface area contributed by atoms with Crippen molar-refractivity contribution in [3.8, 4) is 0 Å². The van der Waals surface area contributed by atoms with Gasteiger partial charge in [-0.25, -0.2) is 0 Å². The first-order valence-electron chi connectivity index (χ1n) is 6.65. The molecule has 2 heterocycles. The van der Waals surface area contributed by atoms with Gasteiger partial charge in [0.25, 0.3) is 0 Å². The maximum absolute atomic E-state index is 11.9. The number of nitrogens with zero attached hydrogens (tertiary/aromatic N) is 1. The molecule has 5 heteroatoms. The van der Waals surface area contributed by atoms with E-state index in [0.29, 0.717) is 12.6 Å². The van der Waals surface area contributed by atoms with Gasteiger partial charge >= 0.3 is 0 Å². The van der Waals surface area contributed by atoms with E-state index < -0.39 is 0 Å². The average molecular weight is 241 g/mol. The number of carbonyl (C=O) groups excluding carboxylic acids is 1. The lowest BCUT2D eigenvalue weighted by molar-refractivity contribution is -0.127. The second kappa shape index (κ2) is 6.33. The molecule has 17 heavy (non-hydrogen) atoms. The first-order valence-corrected chi connectivity index (χ1v) is 6.65. The molecule has 98 valence electrons. The predicted molar refractivity (Wildman–Crippen MR) is 65.9 cm³/mol. The third-order valence-corrected chi connectivity index (χ3v) is 3.47. The van der Waals surface area contributed by atoms with Crippen LogP contribution < -0.4 is 10.6 Å². The van der Waals surface area contributed by atoms with E-state index in [9.17, 15) is 4.79 Å². The molecule has 0 spiro atoms. The molecule has 2 aliphatic heterocycles. The summed E-state index contributed by atoms with van der Waals surface area (Å²) in [5.74, 6) is 0.137. The minimum absolute atomic E-state index is 0.0344. The standard InChI is InChI=1S/C12H23N3O2/c1-2-14-12(16)11-8-13-5-6-15(11)9-10-4-3-7-17-10/h10-11,13H,2-9H2,1H3,(H,14,16). The Balaban J connectivity index is 1.89. The number of rotatable bonds is 4. The number of amides is 1. The van der Waals surface area contributed by atoms with Crippen molar-refractivity contribution in [2.24, 2.45) is 0 Å². The summed E-state index contributed by atoms with van der Waals surface area (Å²) in [6.45, 7) is 7.07. The van der Waals surface area contributed by atoms with Gasteiger partial charge in [-0.15, -0.1) is 0 Å². The second-order valence-electron chi connectivity index (χ2n) is 4.74. The molecule has 0 saturated carbocycles. The molecule has 0 aromatic rings. The molecule has 2 fully saturated rings. The van der Waals surface area contributed by atoms with E-state index in [1.54, 1.807) is 0 Å². The lowest BCUT2D eigenvalue weighted by Crippen LogP contribution is -2.59. The normalized spacial score (nSPS) is 30.4. The van der Waals surface area contributed by atoms with Crippen molar-refractivity contribution in [1.29, 1.82) is 0 Å². The Labute approximate surface area is 103 Å². The van der Waals surface area contributed by atoms with Crippen molar-refractivity contribution in [3.05, 3.63) is 0 Å². The summed E-state index contributed by atoms with van der Waals surface area (Å²) >= 11 is 0. The number of carbonyl (C=O) groups is 1. The van der Waals surface area contributed by atoms with Crippen molar-refractivity contribution >= 4 is 5.91 Å². The Morgan fingerprint density at radius 1 is 1.59 bits per heavy atom. The van der Waals surface area contributed by atoms with Gasteiger partial charge in [0.15, 0.2) is 0 Å². The smallest absolute Gasteiger partial charge is 0.238 e. The summed E-state index contributed by atoms with van der Waals surface area (Å²) in [6.07, 6.45) is 2.61. The van der Waals surface area contributed by atoms with E-state index >= 15 is 0 Å². The Hall–Kier alpha value is -0.650. The van der Waals surface area contributed by atoms with Crippen molar-refractivity contribution in [3.63, 3.8) is 0 Å². The van der Waals surface area contributed by atoms with E-state index in [0.717, 1.165) is 45.6 Å². The topological polar surface area (TPSA) is 53.6 Å². The number of hydrogen-bond donors (Lipinski definition) is 2. The summed E-state index contributed by atoms with van der Waals surface area (Å²) < 4.78 is 5.65. The molecule has 2 atom stereocenters. The van der Waals surface area contributed by atoms with Crippen LogP contribution in [0.25, 0.3) is 0 Å². The zero-order valence-electron chi connectivity index (χ0n) is 10.6. The average Bonchev–Trinajstić information content (AvgIpc) is 2.83. The fraction of sp³-hybridized carbons (Fsp3) is 0.917. The van der Waals surface area contributed by atoms with Gasteiger partial charge in [0, 0.05) is 39.3 Å². The molecule has 2 saturated heterocycles. The molecule has 0 bridgehead atoms. The Morgan fingerprint density at radius 2 is 2.47 bits per heavy atom. The van der Waals surface area contributed by atoms with Gasteiger partial charge < -0.3 is 15.4 Å². The minimum atomic E-state index is -0.0344. The lowest BCUT2D eigenvalue weighted by Gasteiger charge is -2.36. The SMILES string of the molecule is CCNC(=O)C1CNCCN1CC1CCCO1. The Kier molecular flexibility index (Phi) is 4.76. The fourth-order valence-electron chi connectivity index (χ4n) is 2.57. The van der Waals surface area contributed by atoms with Crippen LogP contribution in [0.1, 0.15) is 19.8 Å². The zero-order chi connectivity index (χ0) is 12.1. The third kappa shape index (κ3) is 3.40. The number of nitrogens with one attached hydrogen (secondary N) is 2. The number of piperazine rings is 1. The van der Waals surface area contributed by atoms with Crippen LogP contribution in [0.15, 0.2) is 0 Å². The van der Waals surface area contributed by atoms with Crippen molar-refractivity contribution < 1.29 is 9.53 Å². The van der Waals surface area contributed by atoms with Crippen LogP contribution in [0.2, 0.25) is 0 Å². The first-order chi connectivity index (χ1) is 8.31. The van der Waals surface area contributed by atoms with Crippen LogP contribution in [-0.4, -0.2) is 62.3 Å². The van der Waals surface area contributed by atoms with E-state index in [1.807, 2.05) is 6.92 Å². The maximum Gasteiger partial charge on any atom is 0.238 e. The summed E-state index contributed by atoms with van der Waals surface area (Å²) in [4.78, 5) is 14.2. The minimum Gasteiger partial charge on any atom is -0.377 e. The molecule has 2 unspecified atom stereocenters. The predicted octanol–water partition coefficient (Wildman–Crippen LogP) is -0.425. The van der Waals surface area contributed by atoms with Gasteiger partial charge in [0.1, 0.15) is 6.04 Å². The molecule has 0 aromatic carbocycles. The molecule has 0 radical (unpaired) electrons. The molecule has 0 aliphatic carbocycles. The molecule has 2 aliphatic rings. The highest BCUT2D eigenvalue weighted by Crippen LogP contribution is 2.15. The molecule has 2 rings (SSSR count). The van der Waals surface area contributed by atoms with Crippen LogP contribution >= 0.6 is 0 Å². The Morgan fingerprint density at radius 3 is 3.18 bits per heavy atom. The van der Waals surface area contributed by atoms with Crippen molar-refractivity contribution in [2.45, 2.75) is 31.9 Å². The molecule has 0 aromatic heterocycles. The van der Waals surface area contributed by atoms with Crippen LogP contribution in [0.5, 0.6) is 0 Å². The molecule has 5 nitrogen and oxygen atoms in total. The van der Waals surface area contributed by atoms with Gasteiger partial charge in [-0.2, -0.15) is 0 Å². The fourth-order valence-corrected chi connectivity index (χ4v) is 2.57. The van der Waals surface area contributed by atoms with Crippen LogP contribution in [0.4, 0.5) is 0 Å². The van der Waals surface area contributed by atoms with Gasteiger partial charge in [-0.05, 0) is 19.8 Å². The highest BCUT2D eigenvalue weighted by molar-refractivity contribution is 5.82. The number of likely N-dealkylation sites (N-methyl/N-ethyl adjacent to an activating group) is 1. The lowest BCUT2D eigenvalue weighted by atomic mass is 10.1. The molecular weight excluding hydrogens is 218 g/mol. The maximum atomic E-state index is 11.9. The van der Waals surface area contributed by atoms with E-state index in [2.05, 4.69) is 15.5 Å². The second-order valence-corrected chi connectivity index (χ2v) is 4.74. The zero-order valence-corrected chi connectivity index (χ0v) is 10.6. The van der Waals surface area contributed by atoms with Gasteiger partial charge in [0.2, 0.25) is 5.91 Å². The van der Waals surface area contributed by atoms with Crippen molar-refractivity contribution in [2.75, 3.05) is 39.3 Å². The van der Waals surface area contributed by atoms with Gasteiger partial charge in [0.05, 0.1) is 6.10 Å². The number of hydrogen-bond acceptors (Lipinski definition) is 4. The van der Waals surface area contributed by atoms with Gasteiger partial charge in [-0.1, -0.05) is 0 Å². The van der Waals surface area contributed by atoms with Crippen LogP contribution in [0.3, 0.4) is 0 Å². The van der Waals surface area contributed by atoms with Crippen LogP contribution in [0, 0.1) is 0 Å². The summed E-state index contributed by atoms with van der Waals surface area (Å²) in [5, 5.41) is 6.19. The van der Waals surface area contributed by atoms with E-state index in [4.69, 9.17) is 4.74 Å². The quantitative estimate of drug-likeness (QED) is 0.701. The molecule has 1 amide bonds. The summed E-state index contributed by atoms with van der Waals surface area (Å²) in [7, 11) is 0. The van der Waals surface area contributed by atoms with E-state index in [1.165, 1.54) is 0 Å². The van der Waals surface area contributed by atoms with E-state index in [-0.39, 0.29) is 11.9 Å². The molecule has 2 N–H and O–H groups in total. The highest BCUT2D eigenvalue weighted by atomic mass is 16.5. The monoisotopic (exact) mass is 241 g/mol. The highest BCUT2D eigenvalue weighted by Gasteiger charge is 2.30. The number of ether oxygens (including phenoxy) is 1. The summed E-state index contributed by atoms with van der Waals surface area (Å²) in [5.41, 5.74) is 0. The van der Waals surface area contributed by atoms with Gasteiger partial charge in [-0.3, -0.25) is 9.69 Å². The Bertz CT molecular complexity index is 254. The first kappa shape index (κ1) is 12.8. The third-order valence-electron chi connectivity index (χ3n) is 3.47. The van der Waals surface area contributed by atoms with Crippen molar-refractivity contribution in [1.82, 2.24) is 15.5 Å². The largest absolute Gasteiger partial charge is 0.377 e. The summed E-state index contributed by atoms with van der Waals surface area (Å²) in [6, 6.07) is -0.0344.